The molecule has 2 N–H and O–H groups in total. The van der Waals surface area contributed by atoms with Crippen molar-refractivity contribution in [1.82, 2.24) is 20.5 Å². The molecule has 0 unspecified atom stereocenters. The van der Waals surface area contributed by atoms with Gasteiger partial charge in [0.05, 0.1) is 6.54 Å². The molecule has 7 nitrogen and oxygen atoms in total. The predicted molar refractivity (Wildman–Crippen MR) is 137 cm³/mol. The van der Waals surface area contributed by atoms with Gasteiger partial charge < -0.3 is 20.4 Å². The topological polar surface area (TPSA) is 72.9 Å². The van der Waals surface area contributed by atoms with Crippen LogP contribution in [0, 0.1) is 0 Å². The summed E-state index contributed by atoms with van der Waals surface area (Å²) < 4.78 is 0. The largest absolute Gasteiger partial charge is 0.357 e. The number of carbonyl (C=O) groups excluding carboxylic acids is 1. The molecule has 1 amide bonds. The number of hydrogen-bond acceptors (Lipinski definition) is 4. The van der Waals surface area contributed by atoms with Crippen molar-refractivity contribution in [2.75, 3.05) is 44.2 Å². The lowest BCUT2D eigenvalue weighted by molar-refractivity contribution is 0.0953. The smallest absolute Gasteiger partial charge is 0.251 e. The molecule has 0 radical (unpaired) electrons. The van der Waals surface area contributed by atoms with Crippen LogP contribution in [0.4, 0.5) is 5.82 Å². The van der Waals surface area contributed by atoms with Crippen molar-refractivity contribution in [3.05, 3.63) is 59.8 Å². The van der Waals surface area contributed by atoms with Crippen molar-refractivity contribution in [1.29, 1.82) is 0 Å². The van der Waals surface area contributed by atoms with Crippen LogP contribution in [0.25, 0.3) is 0 Å². The first kappa shape index (κ1) is 24.9. The van der Waals surface area contributed by atoms with E-state index in [0.29, 0.717) is 18.7 Å². The maximum absolute atomic E-state index is 12.2. The summed E-state index contributed by atoms with van der Waals surface area (Å²) in [5, 5.41) is 6.33. The van der Waals surface area contributed by atoms with Crippen molar-refractivity contribution >= 4 is 41.7 Å². The fraction of sp³-hybridized carbons (Fsp3) is 0.435. The maximum Gasteiger partial charge on any atom is 0.251 e. The van der Waals surface area contributed by atoms with E-state index in [1.54, 1.807) is 0 Å². The molecule has 2 heterocycles. The maximum atomic E-state index is 12.2. The normalized spacial score (nSPS) is 14.1. The first-order valence-corrected chi connectivity index (χ1v) is 10.8. The highest BCUT2D eigenvalue weighted by Crippen LogP contribution is 2.13. The van der Waals surface area contributed by atoms with Gasteiger partial charge in [0.2, 0.25) is 0 Å². The van der Waals surface area contributed by atoms with Crippen molar-refractivity contribution in [3.63, 3.8) is 0 Å². The molecule has 1 fully saturated rings. The van der Waals surface area contributed by atoms with Crippen LogP contribution in [-0.2, 0) is 6.54 Å². The van der Waals surface area contributed by atoms with Gasteiger partial charge >= 0.3 is 0 Å². The number of pyridine rings is 1. The Morgan fingerprint density at radius 3 is 2.55 bits per heavy atom. The molecule has 0 atom stereocenters. The van der Waals surface area contributed by atoms with E-state index >= 15 is 0 Å². The highest BCUT2D eigenvalue weighted by Gasteiger charge is 2.20. The first-order chi connectivity index (χ1) is 14.7. The third-order valence-corrected chi connectivity index (χ3v) is 5.02. The number of hydrogen-bond donors (Lipinski definition) is 2. The van der Waals surface area contributed by atoms with E-state index < -0.39 is 0 Å². The number of aliphatic imine (C=N–C) groups is 1. The molecule has 1 saturated heterocycles. The van der Waals surface area contributed by atoms with E-state index in [1.807, 2.05) is 49.5 Å². The third kappa shape index (κ3) is 7.37. The molecule has 2 aromatic rings. The lowest BCUT2D eigenvalue weighted by Gasteiger charge is -2.37. The Labute approximate surface area is 202 Å². The minimum Gasteiger partial charge on any atom is -0.357 e. The van der Waals surface area contributed by atoms with Crippen LogP contribution in [0.1, 0.15) is 36.2 Å². The summed E-state index contributed by atoms with van der Waals surface area (Å²) in [5.41, 5.74) is 1.71. The number of halogens is 1. The molecule has 0 saturated carbocycles. The number of piperazine rings is 1. The highest BCUT2D eigenvalue weighted by atomic mass is 127. The number of amides is 1. The second kappa shape index (κ2) is 13.1. The van der Waals surface area contributed by atoms with Gasteiger partial charge in [0.25, 0.3) is 5.91 Å². The Kier molecular flexibility index (Phi) is 10.6. The number of guanidine groups is 1. The molecule has 0 aliphatic carbocycles. The lowest BCUT2D eigenvalue weighted by atomic mass is 10.1. The molecule has 168 valence electrons. The molecule has 0 spiro atoms. The molecule has 31 heavy (non-hydrogen) atoms. The number of nitrogens with one attached hydrogen (secondary N) is 2. The van der Waals surface area contributed by atoms with Gasteiger partial charge in [0.1, 0.15) is 5.82 Å². The Morgan fingerprint density at radius 2 is 1.87 bits per heavy atom. The second-order valence-corrected chi connectivity index (χ2v) is 7.29. The number of nitrogens with zero attached hydrogens (tertiary/aromatic N) is 4. The van der Waals surface area contributed by atoms with Gasteiger partial charge in [0, 0.05) is 51.0 Å². The quantitative estimate of drug-likeness (QED) is 0.323. The molecule has 0 bridgehead atoms. The van der Waals surface area contributed by atoms with Gasteiger partial charge in [-0.15, -0.1) is 24.0 Å². The van der Waals surface area contributed by atoms with E-state index in [1.165, 1.54) is 0 Å². The number of benzene rings is 1. The van der Waals surface area contributed by atoms with Crippen LogP contribution in [0.15, 0.2) is 53.7 Å². The second-order valence-electron chi connectivity index (χ2n) is 7.29. The van der Waals surface area contributed by atoms with Gasteiger partial charge in [-0.25, -0.2) is 9.98 Å². The SMILES string of the molecule is CCCNC(=O)c1cccc(CN=C(NCC)N2CCN(c3ccccn3)CC2)c1.I. The zero-order chi connectivity index (χ0) is 21.2. The van der Waals surface area contributed by atoms with E-state index in [0.717, 1.165) is 56.5 Å². The summed E-state index contributed by atoms with van der Waals surface area (Å²) in [6.07, 6.45) is 2.76. The number of carbonyl (C=O) groups is 1. The van der Waals surface area contributed by atoms with Gasteiger partial charge in [0.15, 0.2) is 5.96 Å². The molecule has 1 aliphatic heterocycles. The number of rotatable bonds is 7. The zero-order valence-electron chi connectivity index (χ0n) is 18.4. The van der Waals surface area contributed by atoms with Gasteiger partial charge in [-0.05, 0) is 43.2 Å². The van der Waals surface area contributed by atoms with E-state index in [4.69, 9.17) is 4.99 Å². The van der Waals surface area contributed by atoms with E-state index in [-0.39, 0.29) is 29.9 Å². The van der Waals surface area contributed by atoms with Crippen LogP contribution in [0.5, 0.6) is 0 Å². The third-order valence-electron chi connectivity index (χ3n) is 5.02. The standard InChI is InChI=1S/C23H32N6O.HI/c1-3-11-26-22(30)20-9-7-8-19(17-20)18-27-23(24-4-2)29-15-13-28(14-16-29)21-10-5-6-12-25-21;/h5-10,12,17H,3-4,11,13-16,18H2,1-2H3,(H,24,27)(H,26,30);1H. The van der Waals surface area contributed by atoms with Gasteiger partial charge in [-0.2, -0.15) is 0 Å². The highest BCUT2D eigenvalue weighted by molar-refractivity contribution is 14.0. The predicted octanol–water partition coefficient (Wildman–Crippen LogP) is 3.13. The average Bonchev–Trinajstić information content (AvgIpc) is 2.81. The van der Waals surface area contributed by atoms with Crippen molar-refractivity contribution in [2.45, 2.75) is 26.8 Å². The molecule has 1 aromatic heterocycles. The summed E-state index contributed by atoms with van der Waals surface area (Å²) in [7, 11) is 0. The van der Waals surface area contributed by atoms with Gasteiger partial charge in [-0.3, -0.25) is 4.79 Å². The minimum atomic E-state index is -0.0276. The Bertz CT molecular complexity index is 837. The van der Waals surface area contributed by atoms with E-state index in [2.05, 4.69) is 38.4 Å². The minimum absolute atomic E-state index is 0. The fourth-order valence-electron chi connectivity index (χ4n) is 3.43. The Hall–Kier alpha value is -2.36. The van der Waals surface area contributed by atoms with Crippen LogP contribution >= 0.6 is 24.0 Å². The molecular weight excluding hydrogens is 503 g/mol. The van der Waals surface area contributed by atoms with Crippen molar-refractivity contribution < 1.29 is 4.79 Å². The first-order valence-electron chi connectivity index (χ1n) is 10.8. The molecule has 1 aliphatic rings. The summed E-state index contributed by atoms with van der Waals surface area (Å²) in [5.74, 6) is 1.91. The van der Waals surface area contributed by atoms with E-state index in [9.17, 15) is 4.79 Å². The van der Waals surface area contributed by atoms with Crippen molar-refractivity contribution in [2.24, 2.45) is 4.99 Å². The summed E-state index contributed by atoms with van der Waals surface area (Å²) in [6.45, 7) is 9.78. The number of anilines is 1. The summed E-state index contributed by atoms with van der Waals surface area (Å²) >= 11 is 0. The van der Waals surface area contributed by atoms with Crippen LogP contribution in [0.2, 0.25) is 0 Å². The fourth-order valence-corrected chi connectivity index (χ4v) is 3.43. The van der Waals surface area contributed by atoms with Crippen LogP contribution < -0.4 is 15.5 Å². The molecule has 8 heteroatoms. The van der Waals surface area contributed by atoms with Crippen LogP contribution in [0.3, 0.4) is 0 Å². The van der Waals surface area contributed by atoms with Crippen LogP contribution in [-0.4, -0.2) is 61.0 Å². The summed E-state index contributed by atoms with van der Waals surface area (Å²) in [4.78, 5) is 26.1. The monoisotopic (exact) mass is 536 g/mol. The molecule has 3 rings (SSSR count). The molecular formula is C23H33IN6O. The number of aromatic nitrogens is 1. The van der Waals surface area contributed by atoms with Gasteiger partial charge in [-0.1, -0.05) is 25.1 Å². The molecule has 1 aromatic carbocycles. The zero-order valence-corrected chi connectivity index (χ0v) is 20.7. The Balaban J connectivity index is 0.00000341. The van der Waals surface area contributed by atoms with Crippen molar-refractivity contribution in [3.8, 4) is 0 Å². The summed E-state index contributed by atoms with van der Waals surface area (Å²) in [6, 6.07) is 13.7. The lowest BCUT2D eigenvalue weighted by Crippen LogP contribution is -2.52. The Morgan fingerprint density at radius 1 is 1.06 bits per heavy atom. The average molecular weight is 536 g/mol.